The second-order valence-corrected chi connectivity index (χ2v) is 13.3. The first-order valence-corrected chi connectivity index (χ1v) is 15.5. The first-order chi connectivity index (χ1) is 21.4. The maximum absolute atomic E-state index is 13.6. The maximum Gasteiger partial charge on any atom is 0.412 e. The number of H-pyrrole nitrogens is 2. The van der Waals surface area contributed by atoms with Crippen molar-refractivity contribution < 1.29 is 23.9 Å². The van der Waals surface area contributed by atoms with E-state index in [1.54, 1.807) is 68.1 Å². The van der Waals surface area contributed by atoms with E-state index in [1.165, 1.54) is 11.3 Å². The minimum absolute atomic E-state index is 0.0426. The molecule has 1 aliphatic carbocycles. The highest BCUT2D eigenvalue weighted by molar-refractivity contribution is 7.12. The molecule has 4 heterocycles. The minimum atomic E-state index is -0.617. The van der Waals surface area contributed by atoms with Crippen LogP contribution in [0, 0.1) is 6.92 Å². The molecule has 2 aliphatic rings. The van der Waals surface area contributed by atoms with Gasteiger partial charge in [-0.2, -0.15) is 0 Å². The van der Waals surface area contributed by atoms with Gasteiger partial charge in [-0.3, -0.25) is 19.7 Å². The number of ketones is 1. The van der Waals surface area contributed by atoms with Crippen LogP contribution in [-0.4, -0.2) is 50.7 Å². The van der Waals surface area contributed by atoms with E-state index in [4.69, 9.17) is 4.74 Å². The first-order valence-electron chi connectivity index (χ1n) is 14.7. The summed E-state index contributed by atoms with van der Waals surface area (Å²) < 4.78 is 5.31. The third-order valence-corrected chi connectivity index (χ3v) is 9.18. The van der Waals surface area contributed by atoms with Gasteiger partial charge in [-0.25, -0.2) is 4.79 Å². The van der Waals surface area contributed by atoms with Crippen LogP contribution in [0.2, 0.25) is 0 Å². The van der Waals surface area contributed by atoms with Crippen LogP contribution < -0.4 is 10.6 Å². The molecule has 0 spiro atoms. The lowest BCUT2D eigenvalue weighted by Gasteiger charge is -2.23. The van der Waals surface area contributed by atoms with Crippen molar-refractivity contribution in [1.29, 1.82) is 0 Å². The van der Waals surface area contributed by atoms with Gasteiger partial charge in [0, 0.05) is 57.4 Å². The average Bonchev–Trinajstić information content (AvgIpc) is 3.75. The fourth-order valence-corrected chi connectivity index (χ4v) is 7.14. The molecule has 7 rings (SSSR count). The Labute approximate surface area is 262 Å². The van der Waals surface area contributed by atoms with Crippen LogP contribution in [0.15, 0.2) is 65.7 Å². The van der Waals surface area contributed by atoms with Gasteiger partial charge in [0.15, 0.2) is 5.78 Å². The molecule has 1 atom stereocenters. The van der Waals surface area contributed by atoms with Crippen LogP contribution in [0.3, 0.4) is 0 Å². The third kappa shape index (κ3) is 5.29. The molecule has 1 saturated heterocycles. The summed E-state index contributed by atoms with van der Waals surface area (Å²) in [6.45, 7) is 7.94. The number of aromatic nitrogens is 2. The summed E-state index contributed by atoms with van der Waals surface area (Å²) in [5, 5.41) is 9.16. The molecule has 0 radical (unpaired) electrons. The van der Waals surface area contributed by atoms with Crippen molar-refractivity contribution in [3.63, 3.8) is 0 Å². The monoisotopic (exact) mass is 621 g/mol. The second-order valence-electron chi connectivity index (χ2n) is 12.4. The fraction of sp³-hybridized carbons (Fsp3) is 0.235. The summed E-state index contributed by atoms with van der Waals surface area (Å²) in [6, 6.07) is 14.2. The summed E-state index contributed by atoms with van der Waals surface area (Å²) in [4.78, 5) is 60.5. The number of thiophene rings is 1. The number of likely N-dealkylation sites (tertiary alicyclic amines) is 1. The Hall–Kier alpha value is -5.16. The average molecular weight is 622 g/mol. The number of aromatic amines is 2. The van der Waals surface area contributed by atoms with Gasteiger partial charge in [0.2, 0.25) is 0 Å². The van der Waals surface area contributed by atoms with Crippen molar-refractivity contribution in [2.75, 3.05) is 17.2 Å². The van der Waals surface area contributed by atoms with Crippen LogP contribution in [-0.2, 0) is 4.74 Å². The Morgan fingerprint density at radius 2 is 1.58 bits per heavy atom. The molecule has 2 aromatic carbocycles. The van der Waals surface area contributed by atoms with Crippen molar-refractivity contribution >= 4 is 68.2 Å². The number of hydrogen-bond acceptors (Lipinski definition) is 6. The van der Waals surface area contributed by atoms with Gasteiger partial charge in [0.05, 0.1) is 4.88 Å². The van der Waals surface area contributed by atoms with E-state index in [0.29, 0.717) is 29.3 Å². The van der Waals surface area contributed by atoms with Crippen molar-refractivity contribution in [3.8, 4) is 0 Å². The molecule has 11 heteroatoms. The Morgan fingerprint density at radius 1 is 0.933 bits per heavy atom. The predicted octanol–water partition coefficient (Wildman–Crippen LogP) is 7.33. The summed E-state index contributed by atoms with van der Waals surface area (Å²) in [7, 11) is 0. The van der Waals surface area contributed by atoms with E-state index >= 15 is 0 Å². The Morgan fingerprint density at radius 3 is 2.27 bits per heavy atom. The van der Waals surface area contributed by atoms with Gasteiger partial charge < -0.3 is 24.9 Å². The fourth-order valence-electron chi connectivity index (χ4n) is 6.11. The Bertz CT molecular complexity index is 2090. The van der Waals surface area contributed by atoms with Crippen LogP contribution in [0.25, 0.3) is 21.8 Å². The topological polar surface area (TPSA) is 136 Å². The quantitative estimate of drug-likeness (QED) is 0.167. The van der Waals surface area contributed by atoms with E-state index < -0.39 is 11.7 Å². The second kappa shape index (κ2) is 10.5. The molecule has 1 fully saturated rings. The summed E-state index contributed by atoms with van der Waals surface area (Å²) in [5.41, 5.74) is 5.69. The lowest BCUT2D eigenvalue weighted by atomic mass is 9.87. The molecule has 1 aliphatic heterocycles. The maximum atomic E-state index is 13.6. The first kappa shape index (κ1) is 28.6. The van der Waals surface area contributed by atoms with Crippen LogP contribution in [0.1, 0.15) is 74.9 Å². The Kier molecular flexibility index (Phi) is 6.66. The number of allylic oxidation sites excluding steroid dienone is 2. The van der Waals surface area contributed by atoms with E-state index in [1.807, 2.05) is 24.4 Å². The van der Waals surface area contributed by atoms with Crippen molar-refractivity contribution in [3.05, 3.63) is 93.1 Å². The van der Waals surface area contributed by atoms with Crippen molar-refractivity contribution in [2.45, 2.75) is 45.6 Å². The number of aryl methyl sites for hydroxylation is 1. The molecule has 4 N–H and O–H groups in total. The molecule has 0 saturated carbocycles. The molecular weight excluding hydrogens is 590 g/mol. The summed E-state index contributed by atoms with van der Waals surface area (Å²) in [6.07, 6.45) is 1.84. The number of nitrogens with zero attached hydrogens (tertiary/aromatic N) is 1. The summed E-state index contributed by atoms with van der Waals surface area (Å²) >= 11 is 1.47. The summed E-state index contributed by atoms with van der Waals surface area (Å²) in [5.74, 6) is -0.511. The molecule has 1 unspecified atom stereocenters. The number of rotatable bonds is 4. The number of hydrogen-bond donors (Lipinski definition) is 4. The van der Waals surface area contributed by atoms with Gasteiger partial charge in [-0.1, -0.05) is 0 Å². The molecule has 3 aromatic heterocycles. The molecule has 45 heavy (non-hydrogen) atoms. The number of anilines is 2. The van der Waals surface area contributed by atoms with Crippen LogP contribution in [0.4, 0.5) is 16.2 Å². The van der Waals surface area contributed by atoms with Gasteiger partial charge in [0.25, 0.3) is 11.8 Å². The molecule has 228 valence electrons. The third-order valence-electron chi connectivity index (χ3n) is 8.05. The van der Waals surface area contributed by atoms with Gasteiger partial charge in [-0.15, -0.1) is 11.3 Å². The van der Waals surface area contributed by atoms with E-state index in [-0.39, 0.29) is 23.5 Å². The number of fused-ring (bicyclic) bond motifs is 5. The zero-order valence-corrected chi connectivity index (χ0v) is 26.0. The lowest BCUT2D eigenvalue weighted by molar-refractivity contribution is 0.0635. The van der Waals surface area contributed by atoms with Crippen molar-refractivity contribution in [2.24, 2.45) is 0 Å². The molecular formula is C34H31N5O5S. The lowest BCUT2D eigenvalue weighted by Crippen LogP contribution is -2.29. The minimum Gasteiger partial charge on any atom is -0.444 e. The number of benzene rings is 2. The zero-order valence-electron chi connectivity index (χ0n) is 25.2. The largest absolute Gasteiger partial charge is 0.444 e. The molecule has 0 bridgehead atoms. The normalized spacial score (nSPS) is 16.0. The highest BCUT2D eigenvalue weighted by atomic mass is 32.1. The SMILES string of the molecule is Cc1csc2c1C1CCN(C(=O)c3cc4cc(NC(=O)c5cc6cc(NC(=O)OC(C)(C)C)ccc6[nH]5)ccc4[nH]3)C1=CC2=O. The van der Waals surface area contributed by atoms with E-state index in [9.17, 15) is 19.2 Å². The zero-order chi connectivity index (χ0) is 31.6. The molecule has 10 nitrogen and oxygen atoms in total. The number of carbonyl (C=O) groups is 4. The number of ether oxygens (including phenoxy) is 1. The predicted molar refractivity (Wildman–Crippen MR) is 174 cm³/mol. The van der Waals surface area contributed by atoms with Crippen LogP contribution in [0.5, 0.6) is 0 Å². The number of carbonyl (C=O) groups excluding carboxylic acids is 4. The van der Waals surface area contributed by atoms with E-state index in [2.05, 4.69) is 20.6 Å². The Balaban J connectivity index is 1.06. The standard InChI is InChI=1S/C34H31N5O5S/c1-17-16-45-30-28(40)15-27-22(29(17)30)9-10-39(27)32(42)26-14-19-11-20(5-7-24(19)38-26)35-31(41)25-13-18-12-21(6-8-23(18)37-25)36-33(43)44-34(2,3)4/h5-8,11-16,22,37-38H,9-10H2,1-4H3,(H,35,41)(H,36,43). The van der Waals surface area contributed by atoms with Gasteiger partial charge >= 0.3 is 6.09 Å². The van der Waals surface area contributed by atoms with Gasteiger partial charge in [0.1, 0.15) is 17.0 Å². The van der Waals surface area contributed by atoms with Crippen LogP contribution >= 0.6 is 11.3 Å². The van der Waals surface area contributed by atoms with E-state index in [0.717, 1.165) is 49.9 Å². The van der Waals surface area contributed by atoms with Crippen molar-refractivity contribution in [1.82, 2.24) is 14.9 Å². The molecule has 5 aromatic rings. The highest BCUT2D eigenvalue weighted by Gasteiger charge is 2.40. The smallest absolute Gasteiger partial charge is 0.412 e. The van der Waals surface area contributed by atoms with Gasteiger partial charge in [-0.05, 0) is 99.2 Å². The molecule has 3 amide bonds. The number of amides is 3. The highest BCUT2D eigenvalue weighted by Crippen LogP contribution is 2.45. The number of nitrogens with one attached hydrogen (secondary N) is 4.